The van der Waals surface area contributed by atoms with Crippen LogP contribution in [0.2, 0.25) is 0 Å². The van der Waals surface area contributed by atoms with Gasteiger partial charge in [-0.15, -0.1) is 0 Å². The SMILES string of the molecule is CC(=O)NC1(c2noc(CCC(=O)NCc3cccc(N4CCCCC4=O)c3)n2)CCCCCC1. The van der Waals surface area contributed by atoms with Crippen molar-refractivity contribution in [3.63, 3.8) is 0 Å². The molecule has 1 aliphatic heterocycles. The zero-order valence-corrected chi connectivity index (χ0v) is 20.5. The molecule has 2 aromatic rings. The molecule has 0 bridgehead atoms. The van der Waals surface area contributed by atoms with Crippen molar-refractivity contribution in [3.05, 3.63) is 41.5 Å². The molecule has 1 aromatic carbocycles. The first-order valence-electron chi connectivity index (χ1n) is 12.7. The number of carbonyl (C=O) groups excluding carboxylic acids is 3. The van der Waals surface area contributed by atoms with E-state index in [9.17, 15) is 14.4 Å². The van der Waals surface area contributed by atoms with Crippen LogP contribution < -0.4 is 15.5 Å². The summed E-state index contributed by atoms with van der Waals surface area (Å²) >= 11 is 0. The third-order valence-corrected chi connectivity index (χ3v) is 6.87. The number of nitrogens with zero attached hydrogens (tertiary/aromatic N) is 3. The third kappa shape index (κ3) is 6.46. The second-order valence-corrected chi connectivity index (χ2v) is 9.64. The van der Waals surface area contributed by atoms with Gasteiger partial charge in [0, 0.05) is 45.0 Å². The van der Waals surface area contributed by atoms with Gasteiger partial charge in [0.05, 0.1) is 0 Å². The third-order valence-electron chi connectivity index (χ3n) is 6.87. The number of hydrogen-bond acceptors (Lipinski definition) is 6. The number of nitrogens with one attached hydrogen (secondary N) is 2. The standard InChI is InChI=1S/C26H35N5O4/c1-19(32)29-26(14-5-2-3-6-15-26)25-28-23(35-30-25)13-12-22(33)27-18-20-9-8-10-21(17-20)31-16-7-4-11-24(31)34/h8-10,17H,2-7,11-16,18H2,1H3,(H,27,33)(H,29,32). The van der Waals surface area contributed by atoms with Crippen molar-refractivity contribution in [3.8, 4) is 0 Å². The predicted molar refractivity (Wildman–Crippen MR) is 130 cm³/mol. The minimum Gasteiger partial charge on any atom is -0.352 e. The van der Waals surface area contributed by atoms with E-state index in [1.165, 1.54) is 6.92 Å². The molecule has 1 saturated heterocycles. The van der Waals surface area contributed by atoms with Gasteiger partial charge in [0.2, 0.25) is 23.6 Å². The van der Waals surface area contributed by atoms with E-state index in [2.05, 4.69) is 20.8 Å². The van der Waals surface area contributed by atoms with Crippen LogP contribution in [-0.2, 0) is 32.9 Å². The number of amides is 3. The van der Waals surface area contributed by atoms with Crippen LogP contribution >= 0.6 is 0 Å². The Morgan fingerprint density at radius 3 is 2.66 bits per heavy atom. The number of hydrogen-bond donors (Lipinski definition) is 2. The molecule has 1 aromatic heterocycles. The maximum Gasteiger partial charge on any atom is 0.227 e. The highest BCUT2D eigenvalue weighted by Crippen LogP contribution is 2.34. The van der Waals surface area contributed by atoms with E-state index in [-0.39, 0.29) is 24.1 Å². The van der Waals surface area contributed by atoms with Crippen molar-refractivity contribution in [2.45, 2.75) is 89.6 Å². The molecule has 188 valence electrons. The fraction of sp³-hybridized carbons (Fsp3) is 0.577. The van der Waals surface area contributed by atoms with Crippen LogP contribution in [0.15, 0.2) is 28.8 Å². The summed E-state index contributed by atoms with van der Waals surface area (Å²) in [6, 6.07) is 7.75. The molecule has 2 heterocycles. The lowest BCUT2D eigenvalue weighted by atomic mass is 9.89. The van der Waals surface area contributed by atoms with Crippen molar-refractivity contribution >= 4 is 23.4 Å². The highest BCUT2D eigenvalue weighted by molar-refractivity contribution is 5.94. The summed E-state index contributed by atoms with van der Waals surface area (Å²) in [5, 5.41) is 10.2. The molecular weight excluding hydrogens is 446 g/mol. The molecule has 2 fully saturated rings. The van der Waals surface area contributed by atoms with Crippen LogP contribution in [0.5, 0.6) is 0 Å². The highest BCUT2D eigenvalue weighted by atomic mass is 16.5. The average Bonchev–Trinajstić information content (AvgIpc) is 3.21. The molecule has 1 saturated carbocycles. The van der Waals surface area contributed by atoms with E-state index in [1.807, 2.05) is 29.2 Å². The van der Waals surface area contributed by atoms with Gasteiger partial charge < -0.3 is 20.1 Å². The molecule has 4 rings (SSSR count). The summed E-state index contributed by atoms with van der Waals surface area (Å²) in [6.45, 7) is 2.64. The molecule has 0 radical (unpaired) electrons. The number of aromatic nitrogens is 2. The van der Waals surface area contributed by atoms with Crippen molar-refractivity contribution in [2.24, 2.45) is 0 Å². The number of carbonyl (C=O) groups is 3. The zero-order valence-electron chi connectivity index (χ0n) is 20.5. The van der Waals surface area contributed by atoms with E-state index >= 15 is 0 Å². The number of benzene rings is 1. The Bertz CT molecular complexity index is 1040. The smallest absolute Gasteiger partial charge is 0.227 e. The Morgan fingerprint density at radius 2 is 1.91 bits per heavy atom. The molecule has 1 aliphatic carbocycles. The minimum atomic E-state index is -0.590. The summed E-state index contributed by atoms with van der Waals surface area (Å²) < 4.78 is 5.44. The molecule has 0 unspecified atom stereocenters. The number of anilines is 1. The van der Waals surface area contributed by atoms with E-state index < -0.39 is 5.54 Å². The molecule has 3 amide bonds. The Hall–Kier alpha value is -3.23. The van der Waals surface area contributed by atoms with Gasteiger partial charge in [0.15, 0.2) is 5.82 Å². The lowest BCUT2D eigenvalue weighted by molar-refractivity contribution is -0.122. The molecular formula is C26H35N5O4. The largest absolute Gasteiger partial charge is 0.352 e. The van der Waals surface area contributed by atoms with Crippen LogP contribution in [0.3, 0.4) is 0 Å². The predicted octanol–water partition coefficient (Wildman–Crippen LogP) is 3.52. The molecule has 9 nitrogen and oxygen atoms in total. The maximum absolute atomic E-state index is 12.5. The first-order chi connectivity index (χ1) is 16.9. The fourth-order valence-corrected chi connectivity index (χ4v) is 5.05. The van der Waals surface area contributed by atoms with E-state index in [4.69, 9.17) is 4.52 Å². The maximum atomic E-state index is 12.5. The summed E-state index contributed by atoms with van der Waals surface area (Å²) in [5.41, 5.74) is 1.24. The number of aryl methyl sites for hydroxylation is 1. The number of rotatable bonds is 8. The Labute approximate surface area is 206 Å². The summed E-state index contributed by atoms with van der Waals surface area (Å²) in [7, 11) is 0. The topological polar surface area (TPSA) is 117 Å². The Balaban J connectivity index is 1.31. The first kappa shape index (κ1) is 24.9. The molecule has 2 aliphatic rings. The average molecular weight is 482 g/mol. The minimum absolute atomic E-state index is 0.105. The summed E-state index contributed by atoms with van der Waals surface area (Å²) in [5.74, 6) is 0.839. The van der Waals surface area contributed by atoms with Crippen molar-refractivity contribution in [2.75, 3.05) is 11.4 Å². The van der Waals surface area contributed by atoms with Crippen LogP contribution in [-0.4, -0.2) is 34.4 Å². The van der Waals surface area contributed by atoms with Gasteiger partial charge in [0.1, 0.15) is 5.54 Å². The van der Waals surface area contributed by atoms with Crippen LogP contribution in [0, 0.1) is 0 Å². The van der Waals surface area contributed by atoms with Gasteiger partial charge >= 0.3 is 0 Å². The first-order valence-corrected chi connectivity index (χ1v) is 12.7. The van der Waals surface area contributed by atoms with Crippen LogP contribution in [0.4, 0.5) is 5.69 Å². The Kier molecular flexibility index (Phi) is 8.15. The lowest BCUT2D eigenvalue weighted by Crippen LogP contribution is -2.45. The van der Waals surface area contributed by atoms with Crippen LogP contribution in [0.1, 0.15) is 88.4 Å². The van der Waals surface area contributed by atoms with Crippen molar-refractivity contribution < 1.29 is 18.9 Å². The Morgan fingerprint density at radius 1 is 1.11 bits per heavy atom. The molecule has 35 heavy (non-hydrogen) atoms. The van der Waals surface area contributed by atoms with Gasteiger partial charge in [-0.3, -0.25) is 14.4 Å². The zero-order chi connectivity index (χ0) is 24.7. The summed E-state index contributed by atoms with van der Waals surface area (Å²) in [6.07, 6.45) is 8.92. The molecule has 2 N–H and O–H groups in total. The van der Waals surface area contributed by atoms with E-state index in [0.717, 1.165) is 69.2 Å². The van der Waals surface area contributed by atoms with Gasteiger partial charge in [-0.2, -0.15) is 4.98 Å². The summed E-state index contributed by atoms with van der Waals surface area (Å²) in [4.78, 5) is 42.9. The van der Waals surface area contributed by atoms with Crippen LogP contribution in [0.25, 0.3) is 0 Å². The highest BCUT2D eigenvalue weighted by Gasteiger charge is 2.38. The molecule has 9 heteroatoms. The molecule has 0 atom stereocenters. The van der Waals surface area contributed by atoms with Gasteiger partial charge in [-0.25, -0.2) is 0 Å². The molecule has 0 spiro atoms. The van der Waals surface area contributed by atoms with Crippen molar-refractivity contribution in [1.29, 1.82) is 0 Å². The number of piperidine rings is 1. The quantitative estimate of drug-likeness (QED) is 0.557. The second-order valence-electron chi connectivity index (χ2n) is 9.64. The lowest BCUT2D eigenvalue weighted by Gasteiger charge is -2.30. The van der Waals surface area contributed by atoms with Gasteiger partial charge in [0.25, 0.3) is 0 Å². The monoisotopic (exact) mass is 481 g/mol. The van der Waals surface area contributed by atoms with Gasteiger partial charge in [-0.05, 0) is 43.4 Å². The van der Waals surface area contributed by atoms with E-state index in [1.54, 1.807) is 0 Å². The van der Waals surface area contributed by atoms with Gasteiger partial charge in [-0.1, -0.05) is 43.0 Å². The normalized spacial score (nSPS) is 18.1. The fourth-order valence-electron chi connectivity index (χ4n) is 5.05. The second kappa shape index (κ2) is 11.5. The van der Waals surface area contributed by atoms with Crippen molar-refractivity contribution in [1.82, 2.24) is 20.8 Å². The van der Waals surface area contributed by atoms with E-state index in [0.29, 0.717) is 31.1 Å².